The number of benzene rings is 6. The van der Waals surface area contributed by atoms with Gasteiger partial charge in [-0.25, -0.2) is 0 Å². The Balaban J connectivity index is 1.45. The summed E-state index contributed by atoms with van der Waals surface area (Å²) in [7, 11) is 0. The first-order valence-electron chi connectivity index (χ1n) is 13.6. The van der Waals surface area contributed by atoms with Gasteiger partial charge in [0.15, 0.2) is 0 Å². The average Bonchev–Trinajstić information content (AvgIpc) is 3.55. The van der Waals surface area contributed by atoms with Crippen molar-refractivity contribution >= 4 is 60.7 Å². The molecule has 6 aromatic carbocycles. The fourth-order valence-corrected chi connectivity index (χ4v) is 6.34. The molecule has 0 atom stereocenters. The van der Waals surface area contributed by atoms with Crippen molar-refractivity contribution < 1.29 is 4.42 Å². The number of fused-ring (bicyclic) bond motifs is 8. The highest BCUT2D eigenvalue weighted by molar-refractivity contribution is 6.22. The van der Waals surface area contributed by atoms with Gasteiger partial charge in [0, 0.05) is 33.3 Å². The van der Waals surface area contributed by atoms with E-state index < -0.39 is 0 Å². The quantitative estimate of drug-likeness (QED) is 0.233. The van der Waals surface area contributed by atoms with Crippen LogP contribution in [0.2, 0.25) is 0 Å². The summed E-state index contributed by atoms with van der Waals surface area (Å²) >= 11 is 0. The molecule has 0 aliphatic heterocycles. The Morgan fingerprint density at radius 3 is 2.29 bits per heavy atom. The molecule has 0 saturated heterocycles. The van der Waals surface area contributed by atoms with E-state index in [-0.39, 0.29) is 0 Å². The first-order valence-corrected chi connectivity index (χ1v) is 13.6. The van der Waals surface area contributed by atoms with Crippen molar-refractivity contribution in [2.24, 2.45) is 0 Å². The zero-order valence-corrected chi connectivity index (χ0v) is 22.3. The number of nitriles is 1. The van der Waals surface area contributed by atoms with Crippen LogP contribution < -0.4 is 0 Å². The van der Waals surface area contributed by atoms with Crippen LogP contribution in [0.5, 0.6) is 0 Å². The second kappa shape index (κ2) is 8.67. The molecule has 0 radical (unpaired) electrons. The number of furan rings is 1. The Hall–Kier alpha value is -5.66. The second-order valence-corrected chi connectivity index (χ2v) is 10.5. The highest BCUT2D eigenvalue weighted by atomic mass is 16.3. The Morgan fingerprint density at radius 1 is 0.707 bits per heavy atom. The summed E-state index contributed by atoms with van der Waals surface area (Å²) in [5, 5.41) is 25.0. The number of aromatic nitrogens is 1. The average molecular weight is 526 g/mol. The number of para-hydroxylation sites is 1. The van der Waals surface area contributed by atoms with Crippen LogP contribution in [0.25, 0.3) is 71.3 Å². The minimum atomic E-state index is 0.532. The van der Waals surface area contributed by atoms with E-state index in [0.717, 1.165) is 66.1 Å². The second-order valence-electron chi connectivity index (χ2n) is 10.5. The monoisotopic (exact) mass is 525 g/mol. The number of nitrogens with one attached hydrogen (secondary N) is 1. The van der Waals surface area contributed by atoms with Crippen LogP contribution in [-0.2, 0) is 0 Å². The van der Waals surface area contributed by atoms with E-state index in [4.69, 9.17) is 9.83 Å². The molecule has 8 aromatic rings. The van der Waals surface area contributed by atoms with Crippen LogP contribution >= 0.6 is 0 Å². The van der Waals surface area contributed by atoms with Gasteiger partial charge in [0.25, 0.3) is 0 Å². The number of nitrogens with zero attached hydrogens (tertiary/aromatic N) is 2. The van der Waals surface area contributed by atoms with Gasteiger partial charge in [-0.15, -0.1) is 0 Å². The van der Waals surface area contributed by atoms with E-state index >= 15 is 0 Å². The highest BCUT2D eigenvalue weighted by Crippen LogP contribution is 2.40. The van der Waals surface area contributed by atoms with Crippen LogP contribution in [0.1, 0.15) is 16.7 Å². The largest absolute Gasteiger partial charge is 0.456 e. The van der Waals surface area contributed by atoms with Crippen LogP contribution in [-0.4, -0.2) is 10.8 Å². The van der Waals surface area contributed by atoms with Gasteiger partial charge >= 0.3 is 0 Å². The van der Waals surface area contributed by atoms with Crippen LogP contribution in [0.15, 0.2) is 114 Å². The molecule has 0 aliphatic rings. The van der Waals surface area contributed by atoms with Crippen molar-refractivity contribution in [3.8, 4) is 22.9 Å². The fraction of sp³-hybridized carbons (Fsp3) is 0.0270. The molecule has 0 amide bonds. The third-order valence-electron chi connectivity index (χ3n) is 8.29. The van der Waals surface area contributed by atoms with Gasteiger partial charge in [-0.2, -0.15) is 5.26 Å². The molecule has 0 fully saturated rings. The standard InChI is InChI=1S/C37H23N3O/c1-22-10-15-33(31(21-39)30(22)20-38)40-32-16-13-24(18-29(32)37-26-7-3-2-6-23(26)12-17-34(37)40)25-11-14-28-27-8-4-5-9-35(27)41-36(28)19-25/h2-19,21,39H,1H3. The predicted molar refractivity (Wildman–Crippen MR) is 168 cm³/mol. The van der Waals surface area contributed by atoms with E-state index in [9.17, 15) is 5.26 Å². The van der Waals surface area contributed by atoms with Crippen molar-refractivity contribution in [2.45, 2.75) is 6.92 Å². The van der Waals surface area contributed by atoms with E-state index in [0.29, 0.717) is 11.1 Å². The lowest BCUT2D eigenvalue weighted by molar-refractivity contribution is 0.669. The molecular formula is C37H23N3O. The summed E-state index contributed by atoms with van der Waals surface area (Å²) < 4.78 is 8.40. The molecular weight excluding hydrogens is 502 g/mol. The van der Waals surface area contributed by atoms with Crippen molar-refractivity contribution in [3.63, 3.8) is 0 Å². The van der Waals surface area contributed by atoms with Gasteiger partial charge in [-0.3, -0.25) is 0 Å². The maximum atomic E-state index is 9.93. The van der Waals surface area contributed by atoms with Gasteiger partial charge < -0.3 is 14.4 Å². The first kappa shape index (κ1) is 23.2. The van der Waals surface area contributed by atoms with E-state index in [1.807, 2.05) is 37.3 Å². The summed E-state index contributed by atoms with van der Waals surface area (Å²) in [4.78, 5) is 0. The maximum absolute atomic E-state index is 9.93. The Labute approximate surface area is 235 Å². The molecule has 1 N–H and O–H groups in total. The van der Waals surface area contributed by atoms with Crippen LogP contribution in [0, 0.1) is 23.7 Å². The summed E-state index contributed by atoms with van der Waals surface area (Å²) in [5.41, 5.74) is 8.86. The van der Waals surface area contributed by atoms with Gasteiger partial charge in [0.1, 0.15) is 17.2 Å². The lowest BCUT2D eigenvalue weighted by Gasteiger charge is -2.14. The van der Waals surface area contributed by atoms with E-state index in [2.05, 4.69) is 89.5 Å². The summed E-state index contributed by atoms with van der Waals surface area (Å²) in [6, 6.07) is 40.2. The molecule has 192 valence electrons. The molecule has 4 nitrogen and oxygen atoms in total. The lowest BCUT2D eigenvalue weighted by atomic mass is 9.99. The molecule has 41 heavy (non-hydrogen) atoms. The summed E-state index contributed by atoms with van der Waals surface area (Å²) in [6.07, 6.45) is 1.30. The van der Waals surface area contributed by atoms with E-state index in [1.165, 1.54) is 17.0 Å². The Kier molecular flexibility index (Phi) is 4.92. The third kappa shape index (κ3) is 3.30. The van der Waals surface area contributed by atoms with Crippen molar-refractivity contribution in [3.05, 3.63) is 126 Å². The zero-order chi connectivity index (χ0) is 27.7. The molecule has 0 saturated carbocycles. The third-order valence-corrected chi connectivity index (χ3v) is 8.29. The molecule has 8 rings (SSSR count). The minimum Gasteiger partial charge on any atom is -0.456 e. The van der Waals surface area contributed by atoms with Crippen molar-refractivity contribution in [1.29, 1.82) is 10.7 Å². The first-order chi connectivity index (χ1) is 20.2. The predicted octanol–water partition coefficient (Wildman–Crippen LogP) is 9.68. The summed E-state index contributed by atoms with van der Waals surface area (Å²) in [5.74, 6) is 0. The Bertz CT molecular complexity index is 2420. The van der Waals surface area contributed by atoms with Crippen molar-refractivity contribution in [2.75, 3.05) is 0 Å². The van der Waals surface area contributed by atoms with Gasteiger partial charge in [0.05, 0.1) is 22.3 Å². The molecule has 0 aliphatic carbocycles. The molecule has 0 spiro atoms. The van der Waals surface area contributed by atoms with Gasteiger partial charge in [0.2, 0.25) is 0 Å². The SMILES string of the molecule is Cc1ccc(-n2c3ccc(-c4ccc5c(c4)oc4ccccc45)cc3c3c4ccccc4ccc32)c(C=N)c1C#N. The van der Waals surface area contributed by atoms with Crippen molar-refractivity contribution in [1.82, 2.24) is 4.57 Å². The fourth-order valence-electron chi connectivity index (χ4n) is 6.34. The minimum absolute atomic E-state index is 0.532. The zero-order valence-electron chi connectivity index (χ0n) is 22.3. The van der Waals surface area contributed by atoms with E-state index in [1.54, 1.807) is 0 Å². The normalized spacial score (nSPS) is 11.6. The smallest absolute Gasteiger partial charge is 0.136 e. The van der Waals surface area contributed by atoms with Gasteiger partial charge in [-0.1, -0.05) is 66.7 Å². The number of hydrogen-bond donors (Lipinski definition) is 1. The molecule has 0 bridgehead atoms. The molecule has 2 heterocycles. The molecule has 0 unspecified atom stereocenters. The maximum Gasteiger partial charge on any atom is 0.136 e. The number of hydrogen-bond acceptors (Lipinski definition) is 3. The highest BCUT2D eigenvalue weighted by Gasteiger charge is 2.19. The summed E-state index contributed by atoms with van der Waals surface area (Å²) in [6.45, 7) is 1.92. The molecule has 4 heteroatoms. The van der Waals surface area contributed by atoms with Gasteiger partial charge in [-0.05, 0) is 76.9 Å². The number of rotatable bonds is 3. The number of aryl methyl sites for hydroxylation is 1. The lowest BCUT2D eigenvalue weighted by Crippen LogP contribution is -2.03. The van der Waals surface area contributed by atoms with Crippen LogP contribution in [0.3, 0.4) is 0 Å². The topological polar surface area (TPSA) is 65.7 Å². The van der Waals surface area contributed by atoms with Crippen LogP contribution in [0.4, 0.5) is 0 Å². The molecule has 2 aromatic heterocycles. The Morgan fingerprint density at radius 2 is 1.44 bits per heavy atom.